The number of thioether (sulfide) groups is 1. The van der Waals surface area contributed by atoms with Gasteiger partial charge in [-0.3, -0.25) is 15.0 Å². The van der Waals surface area contributed by atoms with Crippen LogP contribution in [0.2, 0.25) is 5.02 Å². The Bertz CT molecular complexity index is 1340. The standard InChI is InChI=1S/C26H21ClN2O4S2/c1-16-5-3-6-18(11-16)15-33-21-10-9-17(12-22(21)32-2)13-23-25(31)29(26(34)35-23)28-24(30)19-7-4-8-20(27)14-19/h3-14H,15H2,1-2H3,(H,28,30)/b23-13+. The summed E-state index contributed by atoms with van der Waals surface area (Å²) in [7, 11) is 1.56. The first kappa shape index (κ1) is 24.8. The smallest absolute Gasteiger partial charge is 0.285 e. The number of benzene rings is 3. The van der Waals surface area contributed by atoms with Crippen LogP contribution in [-0.2, 0) is 11.4 Å². The van der Waals surface area contributed by atoms with Gasteiger partial charge in [0.1, 0.15) is 6.61 Å². The molecule has 0 aromatic heterocycles. The molecule has 0 bridgehead atoms. The van der Waals surface area contributed by atoms with Gasteiger partial charge >= 0.3 is 0 Å². The lowest BCUT2D eigenvalue weighted by Crippen LogP contribution is -2.44. The number of aryl methyl sites for hydroxylation is 1. The Balaban J connectivity index is 1.47. The Kier molecular flexibility index (Phi) is 7.75. The van der Waals surface area contributed by atoms with Crippen molar-refractivity contribution < 1.29 is 19.1 Å². The zero-order chi connectivity index (χ0) is 24.9. The maximum atomic E-state index is 12.9. The van der Waals surface area contributed by atoms with E-state index in [1.54, 1.807) is 43.5 Å². The molecule has 6 nitrogen and oxygen atoms in total. The highest BCUT2D eigenvalue weighted by atomic mass is 35.5. The average molecular weight is 525 g/mol. The van der Waals surface area contributed by atoms with Crippen molar-refractivity contribution in [1.29, 1.82) is 0 Å². The fraction of sp³-hybridized carbons (Fsp3) is 0.115. The molecule has 1 N–H and O–H groups in total. The van der Waals surface area contributed by atoms with Crippen LogP contribution >= 0.6 is 35.6 Å². The van der Waals surface area contributed by atoms with Crippen molar-refractivity contribution in [2.75, 3.05) is 7.11 Å². The molecule has 4 rings (SSSR count). The van der Waals surface area contributed by atoms with E-state index in [1.165, 1.54) is 6.07 Å². The Labute approximate surface area is 217 Å². The third kappa shape index (κ3) is 6.03. The number of ether oxygens (including phenoxy) is 2. The summed E-state index contributed by atoms with van der Waals surface area (Å²) in [6.07, 6.45) is 1.69. The minimum Gasteiger partial charge on any atom is -0.493 e. The molecule has 178 valence electrons. The molecule has 1 fully saturated rings. The molecular formula is C26H21ClN2O4S2. The Morgan fingerprint density at radius 3 is 2.66 bits per heavy atom. The van der Waals surface area contributed by atoms with Gasteiger partial charge < -0.3 is 9.47 Å². The zero-order valence-electron chi connectivity index (χ0n) is 18.9. The monoisotopic (exact) mass is 524 g/mol. The van der Waals surface area contributed by atoms with Crippen LogP contribution in [0.15, 0.2) is 71.6 Å². The number of hydrogen-bond acceptors (Lipinski definition) is 6. The van der Waals surface area contributed by atoms with Crippen LogP contribution in [0.3, 0.4) is 0 Å². The SMILES string of the molecule is COc1cc(/C=C2/SC(=S)N(NC(=O)c3cccc(Cl)c3)C2=O)ccc1OCc1cccc(C)c1. The molecule has 1 aliphatic rings. The topological polar surface area (TPSA) is 67.9 Å². The summed E-state index contributed by atoms with van der Waals surface area (Å²) in [5, 5.41) is 1.48. The number of hydrogen-bond donors (Lipinski definition) is 1. The van der Waals surface area contributed by atoms with Gasteiger partial charge in [-0.1, -0.05) is 65.3 Å². The number of rotatable bonds is 7. The number of methoxy groups -OCH3 is 1. The molecule has 2 amide bonds. The van der Waals surface area contributed by atoms with Gasteiger partial charge in [0.2, 0.25) is 0 Å². The number of amides is 2. The van der Waals surface area contributed by atoms with Crippen molar-refractivity contribution in [1.82, 2.24) is 10.4 Å². The van der Waals surface area contributed by atoms with Gasteiger partial charge in [-0.05, 0) is 66.7 Å². The molecule has 3 aromatic rings. The highest BCUT2D eigenvalue weighted by molar-refractivity contribution is 8.26. The Hall–Kier alpha value is -3.33. The normalized spacial score (nSPS) is 14.4. The predicted molar refractivity (Wildman–Crippen MR) is 142 cm³/mol. The lowest BCUT2D eigenvalue weighted by atomic mass is 10.1. The molecule has 9 heteroatoms. The maximum absolute atomic E-state index is 12.9. The second-order valence-corrected chi connectivity index (χ2v) is 9.77. The minimum atomic E-state index is -0.484. The van der Waals surface area contributed by atoms with E-state index in [2.05, 4.69) is 11.5 Å². The molecule has 0 atom stereocenters. The van der Waals surface area contributed by atoms with Crippen molar-refractivity contribution in [3.05, 3.63) is 98.9 Å². The summed E-state index contributed by atoms with van der Waals surface area (Å²) in [5.74, 6) is 0.222. The fourth-order valence-electron chi connectivity index (χ4n) is 3.37. The fourth-order valence-corrected chi connectivity index (χ4v) is 4.74. The van der Waals surface area contributed by atoms with Crippen LogP contribution in [0.5, 0.6) is 11.5 Å². The molecule has 0 spiro atoms. The van der Waals surface area contributed by atoms with Crippen molar-refractivity contribution in [2.24, 2.45) is 0 Å². The number of hydrazine groups is 1. The van der Waals surface area contributed by atoms with Gasteiger partial charge in [-0.25, -0.2) is 0 Å². The highest BCUT2D eigenvalue weighted by Gasteiger charge is 2.33. The minimum absolute atomic E-state index is 0.224. The van der Waals surface area contributed by atoms with Crippen molar-refractivity contribution in [3.63, 3.8) is 0 Å². The number of carbonyl (C=O) groups is 2. The predicted octanol–water partition coefficient (Wildman–Crippen LogP) is 5.78. The molecule has 35 heavy (non-hydrogen) atoms. The largest absolute Gasteiger partial charge is 0.493 e. The third-order valence-corrected chi connectivity index (χ3v) is 6.59. The zero-order valence-corrected chi connectivity index (χ0v) is 21.3. The van der Waals surface area contributed by atoms with Gasteiger partial charge in [-0.15, -0.1) is 0 Å². The quantitative estimate of drug-likeness (QED) is 0.312. The van der Waals surface area contributed by atoms with Crippen molar-refractivity contribution in [2.45, 2.75) is 13.5 Å². The maximum Gasteiger partial charge on any atom is 0.285 e. The summed E-state index contributed by atoms with van der Waals surface area (Å²) >= 11 is 12.4. The molecule has 0 radical (unpaired) electrons. The van der Waals surface area contributed by atoms with Gasteiger partial charge in [0.15, 0.2) is 15.8 Å². The summed E-state index contributed by atoms with van der Waals surface area (Å²) in [6.45, 7) is 2.44. The first-order chi connectivity index (χ1) is 16.8. The summed E-state index contributed by atoms with van der Waals surface area (Å²) in [4.78, 5) is 25.8. The highest BCUT2D eigenvalue weighted by Crippen LogP contribution is 2.34. The van der Waals surface area contributed by atoms with E-state index in [1.807, 2.05) is 31.2 Å². The van der Waals surface area contributed by atoms with E-state index in [0.717, 1.165) is 33.5 Å². The number of nitrogens with zero attached hydrogens (tertiary/aromatic N) is 1. The van der Waals surface area contributed by atoms with E-state index in [4.69, 9.17) is 33.3 Å². The van der Waals surface area contributed by atoms with Gasteiger partial charge in [0.25, 0.3) is 11.8 Å². The van der Waals surface area contributed by atoms with Crippen LogP contribution in [0, 0.1) is 6.92 Å². The van der Waals surface area contributed by atoms with E-state index in [-0.39, 0.29) is 4.32 Å². The third-order valence-electron chi connectivity index (χ3n) is 5.06. The molecule has 0 saturated carbocycles. The second kappa shape index (κ2) is 10.9. The van der Waals surface area contributed by atoms with Crippen LogP contribution in [0.1, 0.15) is 27.0 Å². The first-order valence-electron chi connectivity index (χ1n) is 10.5. The molecule has 3 aromatic carbocycles. The second-order valence-electron chi connectivity index (χ2n) is 7.66. The number of halogens is 1. The van der Waals surface area contributed by atoms with Crippen molar-refractivity contribution >= 4 is 57.8 Å². The number of nitrogens with one attached hydrogen (secondary N) is 1. The van der Waals surface area contributed by atoms with Crippen LogP contribution in [0.4, 0.5) is 0 Å². The Morgan fingerprint density at radius 1 is 1.11 bits per heavy atom. The molecule has 1 aliphatic heterocycles. The summed E-state index contributed by atoms with van der Waals surface area (Å²) in [5.41, 5.74) is 5.81. The van der Waals surface area contributed by atoms with Crippen molar-refractivity contribution in [3.8, 4) is 11.5 Å². The molecule has 1 heterocycles. The van der Waals surface area contributed by atoms with Gasteiger partial charge in [0.05, 0.1) is 12.0 Å². The van der Waals surface area contributed by atoms with E-state index in [0.29, 0.717) is 33.6 Å². The lowest BCUT2D eigenvalue weighted by Gasteiger charge is -2.15. The summed E-state index contributed by atoms with van der Waals surface area (Å²) in [6, 6.07) is 19.9. The number of carbonyl (C=O) groups excluding carboxylic acids is 2. The lowest BCUT2D eigenvalue weighted by molar-refractivity contribution is -0.123. The molecule has 1 saturated heterocycles. The van der Waals surface area contributed by atoms with Gasteiger partial charge in [0, 0.05) is 10.6 Å². The van der Waals surface area contributed by atoms with Crippen LogP contribution < -0.4 is 14.9 Å². The molecule has 0 aliphatic carbocycles. The summed E-state index contributed by atoms with van der Waals surface area (Å²) < 4.78 is 11.7. The molecule has 0 unspecified atom stereocenters. The average Bonchev–Trinajstić information content (AvgIpc) is 3.10. The van der Waals surface area contributed by atoms with Gasteiger partial charge in [-0.2, -0.15) is 5.01 Å². The number of thiocarbonyl (C=S) groups is 1. The van der Waals surface area contributed by atoms with E-state index < -0.39 is 11.8 Å². The van der Waals surface area contributed by atoms with E-state index >= 15 is 0 Å². The van der Waals surface area contributed by atoms with Crippen LogP contribution in [0.25, 0.3) is 6.08 Å². The first-order valence-corrected chi connectivity index (χ1v) is 12.1. The van der Waals surface area contributed by atoms with Crippen LogP contribution in [-0.4, -0.2) is 28.3 Å². The van der Waals surface area contributed by atoms with E-state index in [9.17, 15) is 9.59 Å². The molecular weight excluding hydrogens is 504 g/mol. The Morgan fingerprint density at radius 2 is 1.91 bits per heavy atom.